The van der Waals surface area contributed by atoms with Gasteiger partial charge >= 0.3 is 0 Å². The number of phenolic OH excluding ortho intramolecular Hbond substituents is 1. The fraction of sp³-hybridized carbons (Fsp3) is 0. The molecule has 1 heterocycles. The van der Waals surface area contributed by atoms with Gasteiger partial charge in [0.1, 0.15) is 11.6 Å². The van der Waals surface area contributed by atoms with Gasteiger partial charge in [-0.15, -0.1) is 12.4 Å². The van der Waals surface area contributed by atoms with Crippen LogP contribution in [0.3, 0.4) is 0 Å². The summed E-state index contributed by atoms with van der Waals surface area (Å²) in [7, 11) is 0. The van der Waals surface area contributed by atoms with Crippen LogP contribution in [-0.4, -0.2) is 15.1 Å². The Balaban J connectivity index is 0.00000210. The molecule has 0 amide bonds. The van der Waals surface area contributed by atoms with Gasteiger partial charge in [-0.05, 0) is 54.6 Å². The van der Waals surface area contributed by atoms with Crippen LogP contribution in [0.2, 0.25) is 10.0 Å². The quantitative estimate of drug-likeness (QED) is 0.374. The number of aromatic nitrogens is 2. The standard InChI is InChI=1S/C20H13Cl2N3O.ClH/c21-12-5-10-15(17(22)11-12)19-24-18-4-2-1-3-16(18)20(25-19)23-13-6-8-14(26)9-7-13;/h1-11,26H,(H,23,24,25);1H. The van der Waals surface area contributed by atoms with E-state index in [-0.39, 0.29) is 18.2 Å². The van der Waals surface area contributed by atoms with Crippen LogP contribution in [0.25, 0.3) is 22.3 Å². The molecule has 0 spiro atoms. The lowest BCUT2D eigenvalue weighted by atomic mass is 10.1. The molecule has 0 aliphatic heterocycles. The molecular weight excluding hydrogens is 405 g/mol. The number of fused-ring (bicyclic) bond motifs is 1. The summed E-state index contributed by atoms with van der Waals surface area (Å²) in [6.07, 6.45) is 0. The first-order valence-corrected chi connectivity index (χ1v) is 8.64. The lowest BCUT2D eigenvalue weighted by Crippen LogP contribution is -1.99. The van der Waals surface area contributed by atoms with Gasteiger partial charge in [0.25, 0.3) is 0 Å². The van der Waals surface area contributed by atoms with Gasteiger partial charge in [-0.3, -0.25) is 0 Å². The summed E-state index contributed by atoms with van der Waals surface area (Å²) in [5, 5.41) is 14.7. The van der Waals surface area contributed by atoms with Crippen molar-refractivity contribution in [3.8, 4) is 17.1 Å². The first-order chi connectivity index (χ1) is 12.6. The van der Waals surface area contributed by atoms with Crippen LogP contribution < -0.4 is 5.32 Å². The zero-order valence-electron chi connectivity index (χ0n) is 13.9. The van der Waals surface area contributed by atoms with Gasteiger partial charge in [-0.1, -0.05) is 35.3 Å². The third-order valence-electron chi connectivity index (χ3n) is 3.91. The number of nitrogens with zero attached hydrogens (tertiary/aromatic N) is 2. The maximum absolute atomic E-state index is 9.46. The maximum atomic E-state index is 9.46. The predicted octanol–water partition coefficient (Wildman–Crippen LogP) is 6.47. The highest BCUT2D eigenvalue weighted by atomic mass is 35.5. The Hall–Kier alpha value is -2.53. The number of anilines is 2. The molecule has 0 unspecified atom stereocenters. The van der Waals surface area contributed by atoms with Crippen molar-refractivity contribution in [2.45, 2.75) is 0 Å². The number of hydrogen-bond acceptors (Lipinski definition) is 4. The van der Waals surface area contributed by atoms with Gasteiger partial charge in [-0.2, -0.15) is 0 Å². The molecule has 0 aliphatic carbocycles. The summed E-state index contributed by atoms with van der Waals surface area (Å²) >= 11 is 12.3. The van der Waals surface area contributed by atoms with Crippen LogP contribution in [-0.2, 0) is 0 Å². The highest BCUT2D eigenvalue weighted by Crippen LogP contribution is 2.32. The molecule has 7 heteroatoms. The van der Waals surface area contributed by atoms with Crippen molar-refractivity contribution >= 4 is 58.0 Å². The molecule has 4 nitrogen and oxygen atoms in total. The second-order valence-corrected chi connectivity index (χ2v) is 6.55. The largest absolute Gasteiger partial charge is 0.508 e. The molecule has 0 bridgehead atoms. The fourth-order valence-corrected chi connectivity index (χ4v) is 3.14. The summed E-state index contributed by atoms with van der Waals surface area (Å²) in [6, 6.07) is 19.7. The van der Waals surface area contributed by atoms with Gasteiger partial charge in [-0.25, -0.2) is 9.97 Å². The molecule has 0 saturated carbocycles. The second-order valence-electron chi connectivity index (χ2n) is 5.71. The number of hydrogen-bond donors (Lipinski definition) is 2. The SMILES string of the molecule is Cl.Oc1ccc(Nc2nc(-c3ccc(Cl)cc3Cl)nc3ccccc23)cc1. The lowest BCUT2D eigenvalue weighted by Gasteiger charge is -2.12. The van der Waals surface area contributed by atoms with Crippen molar-refractivity contribution in [2.75, 3.05) is 5.32 Å². The number of phenols is 1. The van der Waals surface area contributed by atoms with E-state index in [1.807, 2.05) is 24.3 Å². The van der Waals surface area contributed by atoms with E-state index in [0.717, 1.165) is 16.6 Å². The predicted molar refractivity (Wildman–Crippen MR) is 114 cm³/mol. The van der Waals surface area contributed by atoms with Crippen molar-refractivity contribution in [3.63, 3.8) is 0 Å². The molecule has 27 heavy (non-hydrogen) atoms. The third kappa shape index (κ3) is 4.08. The van der Waals surface area contributed by atoms with E-state index in [4.69, 9.17) is 23.2 Å². The molecule has 2 N–H and O–H groups in total. The van der Waals surface area contributed by atoms with Crippen molar-refractivity contribution in [3.05, 3.63) is 76.8 Å². The average molecular weight is 419 g/mol. The first kappa shape index (κ1) is 19.2. The third-order valence-corrected chi connectivity index (χ3v) is 4.45. The van der Waals surface area contributed by atoms with Gasteiger partial charge in [0.05, 0.1) is 10.5 Å². The number of aromatic hydroxyl groups is 1. The molecule has 1 aromatic heterocycles. The van der Waals surface area contributed by atoms with Gasteiger partial charge < -0.3 is 10.4 Å². The van der Waals surface area contributed by atoms with E-state index in [1.54, 1.807) is 42.5 Å². The van der Waals surface area contributed by atoms with Crippen LogP contribution in [0.5, 0.6) is 5.75 Å². The highest BCUT2D eigenvalue weighted by molar-refractivity contribution is 6.36. The molecule has 0 radical (unpaired) electrons. The summed E-state index contributed by atoms with van der Waals surface area (Å²) in [5.41, 5.74) is 2.31. The van der Waals surface area contributed by atoms with E-state index >= 15 is 0 Å². The zero-order valence-corrected chi connectivity index (χ0v) is 16.2. The Morgan fingerprint density at radius 2 is 1.59 bits per heavy atom. The Labute approximate surface area is 172 Å². The minimum atomic E-state index is 0. The van der Waals surface area contributed by atoms with Crippen molar-refractivity contribution in [1.82, 2.24) is 9.97 Å². The number of nitrogens with one attached hydrogen (secondary N) is 1. The van der Waals surface area contributed by atoms with Crippen LogP contribution >= 0.6 is 35.6 Å². The van der Waals surface area contributed by atoms with E-state index in [2.05, 4.69) is 15.3 Å². The van der Waals surface area contributed by atoms with Crippen molar-refractivity contribution in [1.29, 1.82) is 0 Å². The normalized spacial score (nSPS) is 10.4. The van der Waals surface area contributed by atoms with Crippen LogP contribution in [0, 0.1) is 0 Å². The fourth-order valence-electron chi connectivity index (χ4n) is 2.64. The number of rotatable bonds is 3. The Morgan fingerprint density at radius 3 is 2.33 bits per heavy atom. The molecule has 3 aromatic carbocycles. The Kier molecular flexibility index (Phi) is 5.71. The Morgan fingerprint density at radius 1 is 0.852 bits per heavy atom. The monoisotopic (exact) mass is 417 g/mol. The molecule has 136 valence electrons. The van der Waals surface area contributed by atoms with Crippen LogP contribution in [0.15, 0.2) is 66.7 Å². The van der Waals surface area contributed by atoms with E-state index in [0.29, 0.717) is 27.3 Å². The molecule has 4 rings (SSSR count). The molecule has 0 atom stereocenters. The molecule has 0 saturated heterocycles. The van der Waals surface area contributed by atoms with E-state index < -0.39 is 0 Å². The summed E-state index contributed by atoms with van der Waals surface area (Å²) in [5.74, 6) is 1.37. The average Bonchev–Trinajstić information content (AvgIpc) is 2.63. The second kappa shape index (κ2) is 8.01. The van der Waals surface area contributed by atoms with Crippen LogP contribution in [0.4, 0.5) is 11.5 Å². The smallest absolute Gasteiger partial charge is 0.163 e. The molecule has 0 fully saturated rings. The highest BCUT2D eigenvalue weighted by Gasteiger charge is 2.12. The topological polar surface area (TPSA) is 58.0 Å². The number of para-hydroxylation sites is 1. The first-order valence-electron chi connectivity index (χ1n) is 7.88. The molecule has 4 aromatic rings. The van der Waals surface area contributed by atoms with E-state index in [1.165, 1.54) is 0 Å². The number of benzene rings is 3. The van der Waals surface area contributed by atoms with Gasteiger partial charge in [0.2, 0.25) is 0 Å². The maximum Gasteiger partial charge on any atom is 0.163 e. The lowest BCUT2D eigenvalue weighted by molar-refractivity contribution is 0.475. The minimum absolute atomic E-state index is 0. The van der Waals surface area contributed by atoms with Crippen LogP contribution in [0.1, 0.15) is 0 Å². The van der Waals surface area contributed by atoms with E-state index in [9.17, 15) is 5.11 Å². The Bertz CT molecular complexity index is 1100. The molecular formula is C20H14Cl3N3O. The number of halogens is 3. The minimum Gasteiger partial charge on any atom is -0.508 e. The van der Waals surface area contributed by atoms with Gasteiger partial charge in [0.15, 0.2) is 5.82 Å². The van der Waals surface area contributed by atoms with Crippen molar-refractivity contribution < 1.29 is 5.11 Å². The summed E-state index contributed by atoms with van der Waals surface area (Å²) < 4.78 is 0. The summed E-state index contributed by atoms with van der Waals surface area (Å²) in [6.45, 7) is 0. The van der Waals surface area contributed by atoms with Crippen molar-refractivity contribution in [2.24, 2.45) is 0 Å². The zero-order chi connectivity index (χ0) is 18.1. The summed E-state index contributed by atoms with van der Waals surface area (Å²) in [4.78, 5) is 9.30. The molecule has 0 aliphatic rings. The van der Waals surface area contributed by atoms with Gasteiger partial charge in [0, 0.05) is 21.7 Å².